The van der Waals surface area contributed by atoms with Crippen molar-refractivity contribution in [2.45, 2.75) is 0 Å². The molecule has 126 valence electrons. The van der Waals surface area contributed by atoms with Crippen LogP contribution in [0.15, 0.2) is 18.2 Å². The lowest BCUT2D eigenvalue weighted by atomic mass is 10.3. The average molecular weight is 390 g/mol. The van der Waals surface area contributed by atoms with Crippen LogP contribution in [0.3, 0.4) is 0 Å². The summed E-state index contributed by atoms with van der Waals surface area (Å²) in [7, 11) is -4.56. The highest BCUT2D eigenvalue weighted by molar-refractivity contribution is 7.92. The maximum atomic E-state index is 11.9. The van der Waals surface area contributed by atoms with Gasteiger partial charge in [0.05, 0.1) is 17.0 Å². The van der Waals surface area contributed by atoms with Gasteiger partial charge in [-0.25, -0.2) is 13.1 Å². The first kappa shape index (κ1) is 19.5. The van der Waals surface area contributed by atoms with Crippen LogP contribution in [0.2, 0.25) is 10.0 Å². The van der Waals surface area contributed by atoms with Crippen LogP contribution in [-0.4, -0.2) is 54.6 Å². The van der Waals surface area contributed by atoms with E-state index < -0.39 is 20.2 Å². The normalized spacial score (nSPS) is 12.6. The van der Waals surface area contributed by atoms with Crippen LogP contribution < -0.4 is 9.03 Å². The zero-order chi connectivity index (χ0) is 17.1. The third kappa shape index (κ3) is 5.25. The first-order valence-electron chi connectivity index (χ1n) is 6.05. The van der Waals surface area contributed by atoms with Crippen LogP contribution in [0.25, 0.3) is 0 Å². The number of rotatable bonds is 7. The molecule has 0 fully saturated rings. The van der Waals surface area contributed by atoms with Crippen LogP contribution in [0, 0.1) is 0 Å². The van der Waals surface area contributed by atoms with Crippen molar-refractivity contribution in [3.8, 4) is 0 Å². The summed E-state index contributed by atoms with van der Waals surface area (Å²) in [5.41, 5.74) is 0.195. The molecule has 0 spiro atoms. The molecule has 11 heteroatoms. The Morgan fingerprint density at radius 1 is 1.14 bits per heavy atom. The molecule has 0 radical (unpaired) electrons. The van der Waals surface area contributed by atoms with Gasteiger partial charge < -0.3 is 0 Å². The fourth-order valence-corrected chi connectivity index (χ4v) is 3.52. The smallest absolute Gasteiger partial charge is 0.268 e. The second-order valence-electron chi connectivity index (χ2n) is 4.61. The minimum Gasteiger partial charge on any atom is -0.268 e. The fraction of sp³-hybridized carbons (Fsp3) is 0.455. The molecule has 0 atom stereocenters. The van der Waals surface area contributed by atoms with Crippen LogP contribution in [0.1, 0.15) is 0 Å². The molecule has 7 nitrogen and oxygen atoms in total. The van der Waals surface area contributed by atoms with Gasteiger partial charge in [-0.05, 0) is 18.2 Å². The Hall–Kier alpha value is -0.580. The lowest BCUT2D eigenvalue weighted by Gasteiger charge is -2.24. The summed E-state index contributed by atoms with van der Waals surface area (Å²) in [6.45, 7) is -0.234. The summed E-state index contributed by atoms with van der Waals surface area (Å²) in [6.07, 6.45) is 1.00. The summed E-state index contributed by atoms with van der Waals surface area (Å²) >= 11 is 11.9. The van der Waals surface area contributed by atoms with E-state index in [4.69, 9.17) is 23.2 Å². The molecule has 1 aromatic carbocycles. The minimum absolute atomic E-state index is 0.115. The summed E-state index contributed by atoms with van der Waals surface area (Å²) in [4.78, 5) is 0. The van der Waals surface area contributed by atoms with E-state index in [1.54, 1.807) is 0 Å². The van der Waals surface area contributed by atoms with Gasteiger partial charge in [-0.1, -0.05) is 23.2 Å². The second kappa shape index (κ2) is 7.33. The molecule has 1 aromatic rings. The Bertz CT molecular complexity index is 736. The number of anilines is 1. The van der Waals surface area contributed by atoms with E-state index >= 15 is 0 Å². The van der Waals surface area contributed by atoms with E-state index in [0.29, 0.717) is 5.02 Å². The van der Waals surface area contributed by atoms with Gasteiger partial charge in [0, 0.05) is 32.2 Å². The number of halogens is 2. The van der Waals surface area contributed by atoms with Gasteiger partial charge in [0.25, 0.3) is 10.2 Å². The number of benzene rings is 1. The summed E-state index contributed by atoms with van der Waals surface area (Å²) in [5, 5.41) is 0.521. The Labute approximate surface area is 141 Å². The monoisotopic (exact) mass is 389 g/mol. The van der Waals surface area contributed by atoms with Crippen molar-refractivity contribution in [3.05, 3.63) is 28.2 Å². The fourth-order valence-electron chi connectivity index (χ4n) is 1.55. The number of sulfonamides is 1. The van der Waals surface area contributed by atoms with Crippen molar-refractivity contribution in [1.29, 1.82) is 0 Å². The highest BCUT2D eigenvalue weighted by Gasteiger charge is 2.21. The number of nitrogens with one attached hydrogen (secondary N) is 1. The molecule has 1 N–H and O–H groups in total. The molecule has 0 saturated carbocycles. The van der Waals surface area contributed by atoms with Gasteiger partial charge in [0.2, 0.25) is 10.0 Å². The van der Waals surface area contributed by atoms with Gasteiger partial charge in [-0.2, -0.15) is 12.7 Å². The molecule has 0 unspecified atom stereocenters. The predicted molar refractivity (Wildman–Crippen MR) is 89.3 cm³/mol. The molecule has 0 aliphatic carbocycles. The molecule has 0 heterocycles. The lowest BCUT2D eigenvalue weighted by molar-refractivity contribution is 0.506. The standard InChI is InChI=1S/C11H17Cl2N3O4S2/c1-15(2)22(19,20)14-6-7-16(21(3,17)18)11-8-9(12)4-5-10(11)13/h4-5,8,14H,6-7H2,1-3H3. The minimum atomic E-state index is -3.65. The summed E-state index contributed by atoms with van der Waals surface area (Å²) < 4.78 is 51.4. The number of hydrogen-bond acceptors (Lipinski definition) is 4. The predicted octanol–water partition coefficient (Wildman–Crippen LogP) is 1.16. The van der Waals surface area contributed by atoms with E-state index in [9.17, 15) is 16.8 Å². The van der Waals surface area contributed by atoms with Gasteiger partial charge in [-0.15, -0.1) is 0 Å². The second-order valence-corrected chi connectivity index (χ2v) is 9.33. The van der Waals surface area contributed by atoms with E-state index in [0.717, 1.165) is 14.9 Å². The Balaban J connectivity index is 3.00. The molecule has 0 amide bonds. The zero-order valence-corrected chi connectivity index (χ0v) is 15.4. The van der Waals surface area contributed by atoms with Gasteiger partial charge in [0.1, 0.15) is 0 Å². The highest BCUT2D eigenvalue weighted by atomic mass is 35.5. The quantitative estimate of drug-likeness (QED) is 0.757. The Kier molecular flexibility index (Phi) is 6.48. The van der Waals surface area contributed by atoms with E-state index in [1.165, 1.54) is 32.3 Å². The van der Waals surface area contributed by atoms with Crippen LogP contribution >= 0.6 is 23.2 Å². The molecular formula is C11H17Cl2N3O4S2. The number of nitrogens with zero attached hydrogens (tertiary/aromatic N) is 2. The van der Waals surface area contributed by atoms with Gasteiger partial charge in [-0.3, -0.25) is 4.31 Å². The number of hydrogen-bond donors (Lipinski definition) is 1. The maximum Gasteiger partial charge on any atom is 0.278 e. The topological polar surface area (TPSA) is 86.8 Å². The molecule has 0 aromatic heterocycles. The third-order valence-corrected chi connectivity index (χ3v) is 5.92. The van der Waals surface area contributed by atoms with Crippen molar-refractivity contribution in [2.75, 3.05) is 37.7 Å². The average Bonchev–Trinajstić information content (AvgIpc) is 2.36. The first-order valence-corrected chi connectivity index (χ1v) is 10.1. The van der Waals surface area contributed by atoms with E-state index in [2.05, 4.69) is 4.72 Å². The van der Waals surface area contributed by atoms with Crippen LogP contribution in [0.5, 0.6) is 0 Å². The molecule has 0 aliphatic rings. The largest absolute Gasteiger partial charge is 0.278 e. The van der Waals surface area contributed by atoms with Crippen molar-refractivity contribution >= 4 is 49.1 Å². The molecule has 0 bridgehead atoms. The van der Waals surface area contributed by atoms with Crippen LogP contribution in [0.4, 0.5) is 5.69 Å². The molecule has 0 saturated heterocycles. The lowest BCUT2D eigenvalue weighted by Crippen LogP contribution is -2.42. The van der Waals surface area contributed by atoms with Gasteiger partial charge in [0.15, 0.2) is 0 Å². The first-order chi connectivity index (χ1) is 9.95. The van der Waals surface area contributed by atoms with Crippen molar-refractivity contribution in [1.82, 2.24) is 9.03 Å². The summed E-state index contributed by atoms with van der Waals surface area (Å²) in [6, 6.07) is 4.41. The van der Waals surface area contributed by atoms with Crippen molar-refractivity contribution in [2.24, 2.45) is 0 Å². The molecule has 0 aliphatic heterocycles. The summed E-state index contributed by atoms with van der Waals surface area (Å²) in [5.74, 6) is 0. The molecule has 22 heavy (non-hydrogen) atoms. The Morgan fingerprint density at radius 2 is 1.73 bits per heavy atom. The SMILES string of the molecule is CN(C)S(=O)(=O)NCCN(c1cc(Cl)ccc1Cl)S(C)(=O)=O. The molecule has 1 rings (SSSR count). The third-order valence-electron chi connectivity index (χ3n) is 2.66. The van der Waals surface area contributed by atoms with Crippen molar-refractivity contribution < 1.29 is 16.8 Å². The van der Waals surface area contributed by atoms with Crippen LogP contribution in [-0.2, 0) is 20.2 Å². The Morgan fingerprint density at radius 3 is 2.23 bits per heavy atom. The highest BCUT2D eigenvalue weighted by Crippen LogP contribution is 2.30. The van der Waals surface area contributed by atoms with Gasteiger partial charge >= 0.3 is 0 Å². The zero-order valence-electron chi connectivity index (χ0n) is 12.2. The van der Waals surface area contributed by atoms with E-state index in [1.807, 2.05) is 0 Å². The van der Waals surface area contributed by atoms with Crippen molar-refractivity contribution in [3.63, 3.8) is 0 Å². The van der Waals surface area contributed by atoms with E-state index in [-0.39, 0.29) is 23.8 Å². The maximum absolute atomic E-state index is 11.9. The molecular weight excluding hydrogens is 373 g/mol.